The van der Waals surface area contributed by atoms with Crippen molar-refractivity contribution >= 4 is 22.9 Å². The lowest BCUT2D eigenvalue weighted by atomic mass is 10.4. The highest BCUT2D eigenvalue weighted by molar-refractivity contribution is 7.14. The van der Waals surface area contributed by atoms with Crippen LogP contribution in [0.2, 0.25) is 0 Å². The number of aryl methyl sites for hydroxylation is 1. The van der Waals surface area contributed by atoms with E-state index in [2.05, 4.69) is 15.5 Å². The summed E-state index contributed by atoms with van der Waals surface area (Å²) in [7, 11) is 0. The number of hydrogen-bond donors (Lipinski definition) is 1. The molecule has 1 N–H and O–H groups in total. The summed E-state index contributed by atoms with van der Waals surface area (Å²) in [6.07, 6.45) is 0. The fourth-order valence-electron chi connectivity index (χ4n) is 1.15. The highest BCUT2D eigenvalue weighted by Crippen LogP contribution is 2.32. The lowest BCUT2D eigenvalue weighted by molar-refractivity contribution is -0.114. The number of thiophene rings is 1. The van der Waals surface area contributed by atoms with Gasteiger partial charge in [-0.05, 0) is 18.4 Å². The summed E-state index contributed by atoms with van der Waals surface area (Å²) in [5, 5.41) is 8.27. The zero-order chi connectivity index (χ0) is 10.8. The Labute approximate surface area is 90.1 Å². The maximum absolute atomic E-state index is 10.9. The summed E-state index contributed by atoms with van der Waals surface area (Å²) in [6.45, 7) is 3.21. The van der Waals surface area contributed by atoms with Gasteiger partial charge in [-0.3, -0.25) is 4.79 Å². The lowest BCUT2D eigenvalue weighted by Gasteiger charge is -1.99. The van der Waals surface area contributed by atoms with Crippen LogP contribution in [-0.2, 0) is 4.79 Å². The number of amides is 1. The van der Waals surface area contributed by atoms with Crippen LogP contribution in [0.15, 0.2) is 16.0 Å². The predicted octanol–water partition coefficient (Wildman–Crippen LogP) is 2.06. The molecule has 0 saturated carbocycles. The number of nitrogens with one attached hydrogen (secondary N) is 1. The average molecular weight is 223 g/mol. The first-order valence-electron chi connectivity index (χ1n) is 4.32. The third-order valence-electron chi connectivity index (χ3n) is 1.70. The van der Waals surface area contributed by atoms with Crippen molar-refractivity contribution in [1.29, 1.82) is 0 Å². The first kappa shape index (κ1) is 9.85. The smallest absolute Gasteiger partial charge is 0.270 e. The highest BCUT2D eigenvalue weighted by atomic mass is 32.1. The average Bonchev–Trinajstić information content (AvgIpc) is 2.72. The Hall–Kier alpha value is -1.69. The second kappa shape index (κ2) is 3.82. The van der Waals surface area contributed by atoms with Crippen LogP contribution < -0.4 is 5.32 Å². The molecule has 0 fully saturated rings. The highest BCUT2D eigenvalue weighted by Gasteiger charge is 2.13. The van der Waals surface area contributed by atoms with Gasteiger partial charge in [0.05, 0.1) is 5.69 Å². The van der Waals surface area contributed by atoms with E-state index in [1.54, 1.807) is 13.0 Å². The topological polar surface area (TPSA) is 68.0 Å². The Morgan fingerprint density at radius 1 is 1.60 bits per heavy atom. The molecule has 6 heteroatoms. The summed E-state index contributed by atoms with van der Waals surface area (Å²) in [6, 6.07) is 1.81. The van der Waals surface area contributed by atoms with Gasteiger partial charge in [0.25, 0.3) is 5.89 Å². The van der Waals surface area contributed by atoms with Gasteiger partial charge in [0.1, 0.15) is 4.88 Å². The third kappa shape index (κ3) is 2.04. The zero-order valence-corrected chi connectivity index (χ0v) is 9.09. The van der Waals surface area contributed by atoms with Crippen molar-refractivity contribution in [3.63, 3.8) is 0 Å². The van der Waals surface area contributed by atoms with Crippen LogP contribution in [0.5, 0.6) is 0 Å². The van der Waals surface area contributed by atoms with Crippen molar-refractivity contribution in [2.45, 2.75) is 13.8 Å². The van der Waals surface area contributed by atoms with E-state index in [-0.39, 0.29) is 5.91 Å². The van der Waals surface area contributed by atoms with Crippen LogP contribution in [0.1, 0.15) is 12.7 Å². The lowest BCUT2D eigenvalue weighted by Crippen LogP contribution is -2.05. The first-order chi connectivity index (χ1) is 7.16. The van der Waals surface area contributed by atoms with E-state index >= 15 is 0 Å². The van der Waals surface area contributed by atoms with Gasteiger partial charge in [0.2, 0.25) is 5.91 Å². The SMILES string of the molecule is CC(=O)Nc1ccsc1-c1nc(C)no1. The summed E-state index contributed by atoms with van der Waals surface area (Å²) in [5.41, 5.74) is 0.705. The Balaban J connectivity index is 2.36. The number of carbonyl (C=O) groups is 1. The number of carbonyl (C=O) groups excluding carboxylic acids is 1. The molecule has 0 aromatic carbocycles. The van der Waals surface area contributed by atoms with Crippen molar-refractivity contribution in [3.05, 3.63) is 17.3 Å². The van der Waals surface area contributed by atoms with Crippen LogP contribution in [-0.4, -0.2) is 16.0 Å². The van der Waals surface area contributed by atoms with Crippen molar-refractivity contribution in [3.8, 4) is 10.8 Å². The van der Waals surface area contributed by atoms with E-state index in [4.69, 9.17) is 4.52 Å². The Morgan fingerprint density at radius 2 is 2.40 bits per heavy atom. The molecule has 2 aromatic rings. The minimum Gasteiger partial charge on any atom is -0.333 e. The fourth-order valence-corrected chi connectivity index (χ4v) is 1.92. The fraction of sp³-hybridized carbons (Fsp3) is 0.222. The predicted molar refractivity (Wildman–Crippen MR) is 56.7 cm³/mol. The van der Waals surface area contributed by atoms with Gasteiger partial charge in [-0.1, -0.05) is 5.16 Å². The van der Waals surface area contributed by atoms with Crippen molar-refractivity contribution in [2.75, 3.05) is 5.32 Å². The van der Waals surface area contributed by atoms with E-state index in [9.17, 15) is 4.79 Å². The third-order valence-corrected chi connectivity index (χ3v) is 2.60. The molecular weight excluding hydrogens is 214 g/mol. The molecule has 0 radical (unpaired) electrons. The number of nitrogens with zero attached hydrogens (tertiary/aromatic N) is 2. The van der Waals surface area contributed by atoms with Gasteiger partial charge in [0, 0.05) is 6.92 Å². The second-order valence-corrected chi connectivity index (χ2v) is 3.91. The molecule has 0 aliphatic rings. The molecule has 0 saturated heterocycles. The van der Waals surface area contributed by atoms with Gasteiger partial charge in [-0.15, -0.1) is 11.3 Å². The van der Waals surface area contributed by atoms with Gasteiger partial charge in [-0.2, -0.15) is 4.98 Å². The van der Waals surface area contributed by atoms with Crippen LogP contribution in [0, 0.1) is 6.92 Å². The molecule has 1 amide bonds. The van der Waals surface area contributed by atoms with Crippen LogP contribution in [0.3, 0.4) is 0 Å². The molecule has 15 heavy (non-hydrogen) atoms. The van der Waals surface area contributed by atoms with Crippen molar-refractivity contribution < 1.29 is 9.32 Å². The summed E-state index contributed by atoms with van der Waals surface area (Å²) in [4.78, 5) is 15.8. The number of aromatic nitrogens is 2. The largest absolute Gasteiger partial charge is 0.333 e. The molecule has 0 bridgehead atoms. The van der Waals surface area contributed by atoms with E-state index in [0.29, 0.717) is 17.4 Å². The summed E-state index contributed by atoms with van der Waals surface area (Å²) in [5.74, 6) is 0.893. The maximum Gasteiger partial charge on any atom is 0.270 e. The Kier molecular flexibility index (Phi) is 2.51. The number of hydrogen-bond acceptors (Lipinski definition) is 5. The monoisotopic (exact) mass is 223 g/mol. The van der Waals surface area contributed by atoms with E-state index in [1.807, 2.05) is 5.38 Å². The van der Waals surface area contributed by atoms with E-state index in [1.165, 1.54) is 18.3 Å². The minimum atomic E-state index is -0.120. The van der Waals surface area contributed by atoms with Gasteiger partial charge < -0.3 is 9.84 Å². The molecule has 0 spiro atoms. The molecule has 78 valence electrons. The molecular formula is C9H9N3O2S. The molecule has 0 unspecified atom stereocenters. The van der Waals surface area contributed by atoms with Crippen LogP contribution >= 0.6 is 11.3 Å². The van der Waals surface area contributed by atoms with Crippen LogP contribution in [0.25, 0.3) is 10.8 Å². The molecule has 0 aliphatic carbocycles. The van der Waals surface area contributed by atoms with E-state index in [0.717, 1.165) is 4.88 Å². The number of anilines is 1. The number of rotatable bonds is 2. The van der Waals surface area contributed by atoms with Crippen molar-refractivity contribution in [1.82, 2.24) is 10.1 Å². The summed E-state index contributed by atoms with van der Waals surface area (Å²) >= 11 is 1.45. The van der Waals surface area contributed by atoms with Gasteiger partial charge >= 0.3 is 0 Å². The Morgan fingerprint density at radius 3 is 3.00 bits per heavy atom. The molecule has 0 aliphatic heterocycles. The molecule has 5 nitrogen and oxygen atoms in total. The molecule has 2 heterocycles. The zero-order valence-electron chi connectivity index (χ0n) is 8.27. The minimum absolute atomic E-state index is 0.120. The van der Waals surface area contributed by atoms with Gasteiger partial charge in [0.15, 0.2) is 5.82 Å². The van der Waals surface area contributed by atoms with Crippen molar-refractivity contribution in [2.24, 2.45) is 0 Å². The molecule has 2 rings (SSSR count). The quantitative estimate of drug-likeness (QED) is 0.846. The van der Waals surface area contributed by atoms with E-state index < -0.39 is 0 Å². The summed E-state index contributed by atoms with van der Waals surface area (Å²) < 4.78 is 5.03. The van der Waals surface area contributed by atoms with Gasteiger partial charge in [-0.25, -0.2) is 0 Å². The molecule has 0 atom stereocenters. The first-order valence-corrected chi connectivity index (χ1v) is 5.20. The van der Waals surface area contributed by atoms with Crippen LogP contribution in [0.4, 0.5) is 5.69 Å². The maximum atomic E-state index is 10.9. The molecule has 2 aromatic heterocycles. The normalized spacial score (nSPS) is 10.3. The Bertz CT molecular complexity index is 489. The standard InChI is InChI=1S/C9H9N3O2S/c1-5-10-9(14-12-5)8-7(3-4-15-8)11-6(2)13/h3-4H,1-2H3,(H,11,13). The second-order valence-electron chi connectivity index (χ2n) is 2.99.